The van der Waals surface area contributed by atoms with Crippen LogP contribution in [0.2, 0.25) is 0 Å². The lowest BCUT2D eigenvalue weighted by Gasteiger charge is -2.33. The third-order valence-corrected chi connectivity index (χ3v) is 4.59. The van der Waals surface area contributed by atoms with E-state index in [1.54, 1.807) is 11.8 Å². The van der Waals surface area contributed by atoms with E-state index in [2.05, 4.69) is 56.6 Å². The normalized spacial score (nSPS) is 21.2. The number of rotatable bonds is 4. The van der Waals surface area contributed by atoms with Crippen LogP contribution in [0.1, 0.15) is 32.5 Å². The van der Waals surface area contributed by atoms with Crippen LogP contribution in [-0.2, 0) is 4.79 Å². The van der Waals surface area contributed by atoms with E-state index in [9.17, 15) is 4.79 Å². The second-order valence-corrected chi connectivity index (χ2v) is 6.22. The first-order valence-electron chi connectivity index (χ1n) is 6.73. The molecule has 1 aliphatic rings. The fourth-order valence-corrected chi connectivity index (χ4v) is 2.77. The number of benzene rings is 1. The molecule has 2 unspecified atom stereocenters. The highest BCUT2D eigenvalue weighted by Gasteiger charge is 2.35. The summed E-state index contributed by atoms with van der Waals surface area (Å²) in [6.45, 7) is 6.87. The largest absolute Gasteiger partial charge is 0.319 e. The molecule has 1 aromatic carbocycles. The quantitative estimate of drug-likeness (QED) is 0.860. The lowest BCUT2D eigenvalue weighted by Crippen LogP contribution is -2.40. The number of hydrogen-bond donors (Lipinski definition) is 1. The Morgan fingerprint density at radius 2 is 1.89 bits per heavy atom. The van der Waals surface area contributed by atoms with Crippen molar-refractivity contribution in [2.45, 2.75) is 37.9 Å². The van der Waals surface area contributed by atoms with Crippen molar-refractivity contribution in [3.05, 3.63) is 29.8 Å². The Morgan fingerprint density at radius 1 is 1.26 bits per heavy atom. The molecule has 0 spiro atoms. The molecule has 0 saturated carbocycles. The molecule has 1 heterocycles. The van der Waals surface area contributed by atoms with Gasteiger partial charge in [0.25, 0.3) is 0 Å². The molecule has 0 aromatic heterocycles. The number of thioether (sulfide) groups is 1. The fourth-order valence-electron chi connectivity index (χ4n) is 2.37. The summed E-state index contributed by atoms with van der Waals surface area (Å²) in [5.41, 5.74) is 1.16. The highest BCUT2D eigenvalue weighted by atomic mass is 32.2. The average Bonchev–Trinajstić information content (AvgIpc) is 2.79. The predicted molar refractivity (Wildman–Crippen MR) is 80.1 cm³/mol. The van der Waals surface area contributed by atoms with Crippen molar-refractivity contribution in [3.63, 3.8) is 0 Å². The van der Waals surface area contributed by atoms with Gasteiger partial charge in [0.1, 0.15) is 6.17 Å². The van der Waals surface area contributed by atoms with Crippen LogP contribution in [0.3, 0.4) is 0 Å². The highest BCUT2D eigenvalue weighted by Crippen LogP contribution is 2.28. The second-order valence-electron chi connectivity index (χ2n) is 5.34. The Morgan fingerprint density at radius 3 is 2.42 bits per heavy atom. The molecule has 0 bridgehead atoms. The number of nitrogens with zero attached hydrogens (tertiary/aromatic N) is 1. The van der Waals surface area contributed by atoms with Crippen molar-refractivity contribution in [3.8, 4) is 0 Å². The monoisotopic (exact) mass is 278 g/mol. The molecular weight excluding hydrogens is 256 g/mol. The Bertz CT molecular complexity index is 444. The van der Waals surface area contributed by atoms with Gasteiger partial charge in [0.15, 0.2) is 0 Å². The number of nitrogens with one attached hydrogen (secondary N) is 1. The van der Waals surface area contributed by atoms with Gasteiger partial charge in [-0.2, -0.15) is 0 Å². The van der Waals surface area contributed by atoms with Crippen molar-refractivity contribution in [2.75, 3.05) is 12.8 Å². The van der Waals surface area contributed by atoms with Crippen molar-refractivity contribution >= 4 is 17.7 Å². The molecule has 1 aliphatic heterocycles. The molecule has 3 nitrogen and oxygen atoms in total. The highest BCUT2D eigenvalue weighted by molar-refractivity contribution is 7.98. The zero-order valence-electron chi connectivity index (χ0n) is 12.0. The van der Waals surface area contributed by atoms with Crippen molar-refractivity contribution in [2.24, 2.45) is 5.92 Å². The minimum absolute atomic E-state index is 0.0146. The van der Waals surface area contributed by atoms with E-state index in [4.69, 9.17) is 0 Å². The molecule has 1 aromatic rings. The van der Waals surface area contributed by atoms with Crippen LogP contribution in [0, 0.1) is 5.92 Å². The molecule has 104 valence electrons. The third-order valence-electron chi connectivity index (χ3n) is 3.85. The Hall–Kier alpha value is -1.00. The molecule has 4 heteroatoms. The van der Waals surface area contributed by atoms with E-state index in [1.807, 2.05) is 4.90 Å². The summed E-state index contributed by atoms with van der Waals surface area (Å²) in [7, 11) is 0. The molecule has 0 radical (unpaired) electrons. The van der Waals surface area contributed by atoms with Gasteiger partial charge < -0.3 is 4.90 Å². The summed E-state index contributed by atoms with van der Waals surface area (Å²) in [5.74, 6) is 0.650. The number of carbonyl (C=O) groups excluding carboxylic acids is 1. The van der Waals surface area contributed by atoms with Gasteiger partial charge in [-0.3, -0.25) is 10.1 Å². The van der Waals surface area contributed by atoms with E-state index in [1.165, 1.54) is 4.90 Å². The van der Waals surface area contributed by atoms with Crippen molar-refractivity contribution < 1.29 is 4.79 Å². The van der Waals surface area contributed by atoms with Crippen LogP contribution in [0.25, 0.3) is 0 Å². The van der Waals surface area contributed by atoms with Gasteiger partial charge in [-0.25, -0.2) is 0 Å². The zero-order valence-corrected chi connectivity index (χ0v) is 12.8. The minimum atomic E-state index is 0.0146. The van der Waals surface area contributed by atoms with Gasteiger partial charge in [0.05, 0.1) is 6.54 Å². The van der Waals surface area contributed by atoms with E-state index < -0.39 is 0 Å². The zero-order chi connectivity index (χ0) is 14.0. The number of carbonyl (C=O) groups is 1. The summed E-state index contributed by atoms with van der Waals surface area (Å²) >= 11 is 1.73. The van der Waals surface area contributed by atoms with Gasteiger partial charge in [-0.15, -0.1) is 11.8 Å². The topological polar surface area (TPSA) is 32.3 Å². The molecule has 2 rings (SSSR count). The standard InChI is InChI=1S/C15H22N2OS/c1-10(2)11(3)17-14(18)9-16-15(17)12-5-7-13(19-4)8-6-12/h5-8,10-11,15-16H,9H2,1-4H3. The Labute approximate surface area is 119 Å². The summed E-state index contributed by atoms with van der Waals surface area (Å²) < 4.78 is 0. The van der Waals surface area contributed by atoms with Gasteiger partial charge in [-0.1, -0.05) is 26.0 Å². The maximum Gasteiger partial charge on any atom is 0.238 e. The van der Waals surface area contributed by atoms with Crippen LogP contribution in [-0.4, -0.2) is 29.6 Å². The van der Waals surface area contributed by atoms with E-state index in [0.29, 0.717) is 12.5 Å². The maximum absolute atomic E-state index is 12.1. The van der Waals surface area contributed by atoms with Crippen LogP contribution < -0.4 is 5.32 Å². The van der Waals surface area contributed by atoms with Gasteiger partial charge >= 0.3 is 0 Å². The van der Waals surface area contributed by atoms with Gasteiger partial charge in [-0.05, 0) is 36.8 Å². The van der Waals surface area contributed by atoms with Crippen LogP contribution in [0.5, 0.6) is 0 Å². The summed E-state index contributed by atoms with van der Waals surface area (Å²) in [4.78, 5) is 15.3. The van der Waals surface area contributed by atoms with Gasteiger partial charge in [0.2, 0.25) is 5.91 Å². The summed E-state index contributed by atoms with van der Waals surface area (Å²) in [6.07, 6.45) is 2.08. The average molecular weight is 278 g/mol. The van der Waals surface area contributed by atoms with Gasteiger partial charge in [0, 0.05) is 10.9 Å². The van der Waals surface area contributed by atoms with E-state index >= 15 is 0 Å². The lowest BCUT2D eigenvalue weighted by atomic mass is 10.0. The first-order chi connectivity index (χ1) is 9.04. The minimum Gasteiger partial charge on any atom is -0.319 e. The lowest BCUT2D eigenvalue weighted by molar-refractivity contribution is -0.130. The third kappa shape index (κ3) is 2.95. The fraction of sp³-hybridized carbons (Fsp3) is 0.533. The second kappa shape index (κ2) is 5.97. The molecule has 1 amide bonds. The smallest absolute Gasteiger partial charge is 0.238 e. The number of hydrogen-bond acceptors (Lipinski definition) is 3. The molecule has 2 atom stereocenters. The molecule has 19 heavy (non-hydrogen) atoms. The Kier molecular flexibility index (Phi) is 4.53. The maximum atomic E-state index is 12.1. The van der Waals surface area contributed by atoms with Crippen LogP contribution in [0.4, 0.5) is 0 Å². The Balaban J connectivity index is 2.24. The first-order valence-corrected chi connectivity index (χ1v) is 7.95. The predicted octanol–water partition coefficient (Wildman–Crippen LogP) is 2.88. The first kappa shape index (κ1) is 14.4. The van der Waals surface area contributed by atoms with Crippen LogP contribution in [0.15, 0.2) is 29.2 Å². The SMILES string of the molecule is CSc1ccc(C2NCC(=O)N2C(C)C(C)C)cc1. The van der Waals surface area contributed by atoms with E-state index in [-0.39, 0.29) is 18.1 Å². The van der Waals surface area contributed by atoms with Crippen molar-refractivity contribution in [1.82, 2.24) is 10.2 Å². The molecule has 0 aliphatic carbocycles. The van der Waals surface area contributed by atoms with Crippen molar-refractivity contribution in [1.29, 1.82) is 0 Å². The molecule has 1 fully saturated rings. The van der Waals surface area contributed by atoms with Crippen LogP contribution >= 0.6 is 11.8 Å². The molecular formula is C15H22N2OS. The summed E-state index contributed by atoms with van der Waals surface area (Å²) in [5, 5.41) is 3.32. The number of amides is 1. The summed E-state index contributed by atoms with van der Waals surface area (Å²) in [6, 6.07) is 8.70. The molecule has 1 saturated heterocycles. The van der Waals surface area contributed by atoms with E-state index in [0.717, 1.165) is 5.56 Å². The molecule has 1 N–H and O–H groups in total.